The first-order chi connectivity index (χ1) is 23.7. The molecule has 1 fully saturated rings. The van der Waals surface area contributed by atoms with Crippen LogP contribution in [0.4, 0.5) is 5.69 Å². The van der Waals surface area contributed by atoms with Crippen LogP contribution >= 0.6 is 23.4 Å². The van der Waals surface area contributed by atoms with E-state index in [0.717, 1.165) is 46.0 Å². The summed E-state index contributed by atoms with van der Waals surface area (Å²) in [5.74, 6) is -0.478. The molecule has 4 aromatic carbocycles. The van der Waals surface area contributed by atoms with Gasteiger partial charge in [-0.25, -0.2) is 8.42 Å². The molecule has 0 heterocycles. The molecule has 258 valence electrons. The molecule has 0 bridgehead atoms. The van der Waals surface area contributed by atoms with Crippen LogP contribution in [0.5, 0.6) is 5.75 Å². The molecule has 2 amide bonds. The molecule has 1 aliphatic carbocycles. The van der Waals surface area contributed by atoms with Crippen molar-refractivity contribution in [3.63, 3.8) is 0 Å². The lowest BCUT2D eigenvalue weighted by atomic mass is 10.0. The SMILES string of the molecule is CCOc1ccccc1N(CC(=O)N(Cc1ccc(Cl)cc1)[C@@H](Cc1ccccc1)C(=O)NC1CCCC1)S(=O)(=O)c1ccc(SC)cc1. The number of benzene rings is 4. The zero-order valence-electron chi connectivity index (χ0n) is 27.8. The Balaban J connectivity index is 1.59. The monoisotopic (exact) mass is 719 g/mol. The second-order valence-corrected chi connectivity index (χ2v) is 15.1. The van der Waals surface area contributed by atoms with Gasteiger partial charge in [0, 0.05) is 28.9 Å². The van der Waals surface area contributed by atoms with Crippen molar-refractivity contribution in [1.82, 2.24) is 10.2 Å². The van der Waals surface area contributed by atoms with Crippen LogP contribution in [0.3, 0.4) is 0 Å². The summed E-state index contributed by atoms with van der Waals surface area (Å²) in [5.41, 5.74) is 1.86. The van der Waals surface area contributed by atoms with Crippen molar-refractivity contribution >= 4 is 50.9 Å². The second kappa shape index (κ2) is 17.1. The number of nitrogens with zero attached hydrogens (tertiary/aromatic N) is 2. The summed E-state index contributed by atoms with van der Waals surface area (Å²) in [7, 11) is -4.27. The lowest BCUT2D eigenvalue weighted by molar-refractivity contribution is -0.140. The topological polar surface area (TPSA) is 96.0 Å². The van der Waals surface area contributed by atoms with E-state index in [0.29, 0.717) is 17.4 Å². The first-order valence-corrected chi connectivity index (χ1v) is 19.5. The molecule has 0 aliphatic heterocycles. The summed E-state index contributed by atoms with van der Waals surface area (Å²) in [6, 6.07) is 29.1. The van der Waals surface area contributed by atoms with E-state index >= 15 is 0 Å². The average Bonchev–Trinajstić information content (AvgIpc) is 3.63. The van der Waals surface area contributed by atoms with E-state index < -0.39 is 28.5 Å². The molecule has 1 atom stereocenters. The van der Waals surface area contributed by atoms with Crippen molar-refractivity contribution in [1.29, 1.82) is 0 Å². The predicted molar refractivity (Wildman–Crippen MR) is 197 cm³/mol. The Labute approximate surface area is 298 Å². The molecule has 49 heavy (non-hydrogen) atoms. The van der Waals surface area contributed by atoms with Crippen LogP contribution < -0.4 is 14.4 Å². The van der Waals surface area contributed by atoms with Gasteiger partial charge in [0.05, 0.1) is 17.2 Å². The zero-order valence-corrected chi connectivity index (χ0v) is 30.1. The Morgan fingerprint density at radius 2 is 1.55 bits per heavy atom. The molecular formula is C38H42ClN3O5S2. The van der Waals surface area contributed by atoms with Gasteiger partial charge in [0.2, 0.25) is 11.8 Å². The largest absolute Gasteiger partial charge is 0.492 e. The van der Waals surface area contributed by atoms with Gasteiger partial charge in [-0.15, -0.1) is 11.8 Å². The molecule has 4 aromatic rings. The number of carbonyl (C=O) groups excluding carboxylic acids is 2. The molecule has 1 N–H and O–H groups in total. The number of halogens is 1. The van der Waals surface area contributed by atoms with Crippen LogP contribution in [0.2, 0.25) is 5.02 Å². The molecule has 5 rings (SSSR count). The Hall–Kier alpha value is -3.99. The normalized spacial score (nSPS) is 13.9. The van der Waals surface area contributed by atoms with Crippen LogP contribution in [-0.4, -0.2) is 56.6 Å². The maximum atomic E-state index is 14.8. The number of ether oxygens (including phenoxy) is 1. The van der Waals surface area contributed by atoms with Crippen LogP contribution in [-0.2, 0) is 32.6 Å². The van der Waals surface area contributed by atoms with Crippen LogP contribution in [0.15, 0.2) is 113 Å². The molecular weight excluding hydrogens is 678 g/mol. The van der Waals surface area contributed by atoms with Crippen molar-refractivity contribution < 1.29 is 22.7 Å². The maximum Gasteiger partial charge on any atom is 0.264 e. The van der Waals surface area contributed by atoms with E-state index in [-0.39, 0.29) is 35.5 Å². The lowest BCUT2D eigenvalue weighted by Gasteiger charge is -2.34. The Morgan fingerprint density at radius 1 is 0.898 bits per heavy atom. The molecule has 0 aromatic heterocycles. The van der Waals surface area contributed by atoms with E-state index in [2.05, 4.69) is 5.32 Å². The number of carbonyl (C=O) groups is 2. The summed E-state index contributed by atoms with van der Waals surface area (Å²) in [5, 5.41) is 3.74. The number of sulfonamides is 1. The fraction of sp³-hybridized carbons (Fsp3) is 0.316. The fourth-order valence-electron chi connectivity index (χ4n) is 6.04. The van der Waals surface area contributed by atoms with Crippen molar-refractivity contribution in [2.45, 2.75) is 67.4 Å². The third-order valence-electron chi connectivity index (χ3n) is 8.60. The molecule has 1 aliphatic rings. The number of anilines is 1. The van der Waals surface area contributed by atoms with Gasteiger partial charge in [-0.1, -0.05) is 79.0 Å². The summed E-state index contributed by atoms with van der Waals surface area (Å²) in [4.78, 5) is 31.4. The summed E-state index contributed by atoms with van der Waals surface area (Å²) < 4.78 is 35.9. The Bertz CT molecular complexity index is 1800. The third kappa shape index (κ3) is 9.38. The number of rotatable bonds is 15. The molecule has 0 radical (unpaired) electrons. The van der Waals surface area contributed by atoms with Gasteiger partial charge in [-0.05, 0) is 85.7 Å². The highest BCUT2D eigenvalue weighted by Crippen LogP contribution is 2.33. The van der Waals surface area contributed by atoms with Gasteiger partial charge in [0.1, 0.15) is 18.3 Å². The van der Waals surface area contributed by atoms with E-state index in [4.69, 9.17) is 16.3 Å². The summed E-state index contributed by atoms with van der Waals surface area (Å²) >= 11 is 7.70. The average molecular weight is 720 g/mol. The molecule has 0 saturated heterocycles. The molecule has 0 unspecified atom stereocenters. The number of hydrogen-bond acceptors (Lipinski definition) is 6. The van der Waals surface area contributed by atoms with E-state index in [1.54, 1.807) is 60.7 Å². The van der Waals surface area contributed by atoms with Gasteiger partial charge in [-0.2, -0.15) is 0 Å². The van der Waals surface area contributed by atoms with Crippen LogP contribution in [0.1, 0.15) is 43.7 Å². The highest BCUT2D eigenvalue weighted by Gasteiger charge is 2.36. The van der Waals surface area contributed by atoms with Gasteiger partial charge in [0.15, 0.2) is 0 Å². The Kier molecular flexibility index (Phi) is 12.7. The third-order valence-corrected chi connectivity index (χ3v) is 11.4. The van der Waals surface area contributed by atoms with Crippen molar-refractivity contribution in [2.75, 3.05) is 23.7 Å². The van der Waals surface area contributed by atoms with Gasteiger partial charge >= 0.3 is 0 Å². The van der Waals surface area contributed by atoms with E-state index in [1.807, 2.05) is 55.6 Å². The van der Waals surface area contributed by atoms with Gasteiger partial charge < -0.3 is 15.0 Å². The maximum absolute atomic E-state index is 14.8. The van der Waals surface area contributed by atoms with Crippen LogP contribution in [0.25, 0.3) is 0 Å². The molecule has 1 saturated carbocycles. The molecule has 8 nitrogen and oxygen atoms in total. The number of thioether (sulfide) groups is 1. The standard InChI is InChI=1S/C38H42ClN3O5S2/c1-3-47-36-16-10-9-15-34(36)42(49(45,46)33-23-21-32(48-2)22-24-33)27-37(43)41(26-29-17-19-30(39)20-18-29)35(25-28-11-5-4-6-12-28)38(44)40-31-13-7-8-14-31/h4-6,9-12,15-24,31,35H,3,7-8,13-14,25-27H2,1-2H3,(H,40,44)/t35-/m0/s1. The molecule has 11 heteroatoms. The minimum Gasteiger partial charge on any atom is -0.492 e. The fourth-order valence-corrected chi connectivity index (χ4v) is 8.00. The second-order valence-electron chi connectivity index (χ2n) is 11.9. The smallest absolute Gasteiger partial charge is 0.264 e. The van der Waals surface area contributed by atoms with Crippen molar-refractivity contribution in [3.05, 3.63) is 119 Å². The number of amides is 2. The summed E-state index contributed by atoms with van der Waals surface area (Å²) in [6.07, 6.45) is 5.99. The first kappa shape index (κ1) is 36.3. The van der Waals surface area contributed by atoms with E-state index in [1.165, 1.54) is 16.7 Å². The lowest BCUT2D eigenvalue weighted by Crippen LogP contribution is -2.54. The minimum atomic E-state index is -4.27. The van der Waals surface area contributed by atoms with Gasteiger partial charge in [0.25, 0.3) is 10.0 Å². The first-order valence-electron chi connectivity index (χ1n) is 16.5. The van der Waals surface area contributed by atoms with Crippen molar-refractivity contribution in [2.24, 2.45) is 0 Å². The molecule has 0 spiro atoms. The highest BCUT2D eigenvalue weighted by molar-refractivity contribution is 7.98. The number of para-hydroxylation sites is 2. The summed E-state index contributed by atoms with van der Waals surface area (Å²) in [6.45, 7) is 1.61. The highest BCUT2D eigenvalue weighted by atomic mass is 35.5. The minimum absolute atomic E-state index is 0.0254. The van der Waals surface area contributed by atoms with E-state index in [9.17, 15) is 18.0 Å². The number of hydrogen-bond donors (Lipinski definition) is 1. The Morgan fingerprint density at radius 3 is 2.20 bits per heavy atom. The number of nitrogens with one attached hydrogen (secondary N) is 1. The van der Waals surface area contributed by atoms with Crippen LogP contribution in [0, 0.1) is 0 Å². The zero-order chi connectivity index (χ0) is 34.8. The van der Waals surface area contributed by atoms with Gasteiger partial charge in [-0.3, -0.25) is 13.9 Å². The quantitative estimate of drug-likeness (QED) is 0.129. The predicted octanol–water partition coefficient (Wildman–Crippen LogP) is 7.35. The van der Waals surface area contributed by atoms with Crippen molar-refractivity contribution in [3.8, 4) is 5.75 Å².